The number of fused-ring (bicyclic) bond motifs is 1. The fourth-order valence-electron chi connectivity index (χ4n) is 3.17. The summed E-state index contributed by atoms with van der Waals surface area (Å²) in [6.07, 6.45) is 0.234. The Labute approximate surface area is 180 Å². The minimum atomic E-state index is -0.259. The zero-order valence-corrected chi connectivity index (χ0v) is 17.9. The smallest absolute Gasteiger partial charge is 0.277 e. The van der Waals surface area contributed by atoms with Crippen LogP contribution in [0.4, 0.5) is 11.4 Å². The zero-order chi connectivity index (χ0) is 20.4. The van der Waals surface area contributed by atoms with E-state index in [0.29, 0.717) is 22.5 Å². The van der Waals surface area contributed by atoms with Crippen LogP contribution in [0.15, 0.2) is 62.6 Å². The van der Waals surface area contributed by atoms with Crippen LogP contribution in [0.5, 0.6) is 0 Å². The summed E-state index contributed by atoms with van der Waals surface area (Å²) in [6, 6.07) is 14.6. The van der Waals surface area contributed by atoms with Gasteiger partial charge in [-0.05, 0) is 47.1 Å². The van der Waals surface area contributed by atoms with Gasteiger partial charge in [-0.2, -0.15) is 0 Å². The Kier molecular flexibility index (Phi) is 5.68. The van der Waals surface area contributed by atoms with E-state index in [0.717, 1.165) is 10.0 Å². The molecule has 0 fully saturated rings. The first-order valence-electron chi connectivity index (χ1n) is 8.95. The van der Waals surface area contributed by atoms with Crippen molar-refractivity contribution in [1.29, 1.82) is 0 Å². The number of carbonyl (C=O) groups excluding carboxylic acids is 2. The van der Waals surface area contributed by atoms with E-state index in [1.807, 2.05) is 49.4 Å². The van der Waals surface area contributed by atoms with Crippen LogP contribution in [-0.2, 0) is 9.59 Å². The molecule has 4 rings (SSSR count). The third-order valence-electron chi connectivity index (χ3n) is 4.46. The molecule has 0 aliphatic carbocycles. The molecular weight excluding hydrogens is 456 g/mol. The first kappa shape index (κ1) is 19.7. The van der Waals surface area contributed by atoms with Gasteiger partial charge in [0, 0.05) is 16.9 Å². The SMILES string of the molecule is CC1CC(=O)Nc2ccccc2N1C(=O)CSc1nnc(-c2ccccc2Br)o1. The average Bonchev–Trinajstić information content (AvgIpc) is 3.12. The van der Waals surface area contributed by atoms with Crippen molar-refractivity contribution >= 4 is 50.9 Å². The topological polar surface area (TPSA) is 88.3 Å². The lowest BCUT2D eigenvalue weighted by atomic mass is 10.2. The summed E-state index contributed by atoms with van der Waals surface area (Å²) in [5, 5.41) is 11.3. The fraction of sp³-hybridized carbons (Fsp3) is 0.200. The van der Waals surface area contributed by atoms with Crippen LogP contribution in [0.3, 0.4) is 0 Å². The predicted molar refractivity (Wildman–Crippen MR) is 115 cm³/mol. The number of hydrogen-bond acceptors (Lipinski definition) is 6. The van der Waals surface area contributed by atoms with Gasteiger partial charge in [-0.1, -0.05) is 36.0 Å². The Hall–Kier alpha value is -2.65. The lowest BCUT2D eigenvalue weighted by Crippen LogP contribution is -2.40. The third-order valence-corrected chi connectivity index (χ3v) is 5.95. The highest BCUT2D eigenvalue weighted by atomic mass is 79.9. The van der Waals surface area contributed by atoms with Gasteiger partial charge in [-0.15, -0.1) is 10.2 Å². The first-order chi connectivity index (χ1) is 14.0. The molecule has 1 N–H and O–H groups in total. The number of halogens is 1. The van der Waals surface area contributed by atoms with E-state index in [4.69, 9.17) is 4.42 Å². The molecule has 0 radical (unpaired) electrons. The van der Waals surface area contributed by atoms with Crippen molar-refractivity contribution in [2.75, 3.05) is 16.0 Å². The maximum atomic E-state index is 13.0. The van der Waals surface area contributed by atoms with E-state index in [9.17, 15) is 9.59 Å². The number of benzene rings is 2. The van der Waals surface area contributed by atoms with Crippen molar-refractivity contribution in [3.05, 3.63) is 53.0 Å². The number of anilines is 2. The molecule has 2 heterocycles. The maximum Gasteiger partial charge on any atom is 0.277 e. The van der Waals surface area contributed by atoms with Gasteiger partial charge >= 0.3 is 0 Å². The summed E-state index contributed by atoms with van der Waals surface area (Å²) in [5.41, 5.74) is 2.11. The second-order valence-electron chi connectivity index (χ2n) is 6.52. The van der Waals surface area contributed by atoms with E-state index in [2.05, 4.69) is 31.4 Å². The molecule has 0 bridgehead atoms. The molecule has 1 aliphatic rings. The Morgan fingerprint density at radius 2 is 2.00 bits per heavy atom. The van der Waals surface area contributed by atoms with Crippen LogP contribution in [0.2, 0.25) is 0 Å². The van der Waals surface area contributed by atoms with Gasteiger partial charge in [-0.3, -0.25) is 9.59 Å². The van der Waals surface area contributed by atoms with Gasteiger partial charge in [0.2, 0.25) is 17.7 Å². The molecule has 0 saturated heterocycles. The summed E-state index contributed by atoms with van der Waals surface area (Å²) in [5.74, 6) is 0.260. The molecule has 29 heavy (non-hydrogen) atoms. The van der Waals surface area contributed by atoms with Crippen molar-refractivity contribution in [3.63, 3.8) is 0 Å². The number of amides is 2. The number of rotatable bonds is 4. The number of nitrogens with one attached hydrogen (secondary N) is 1. The summed E-state index contributed by atoms with van der Waals surface area (Å²) >= 11 is 4.64. The fourth-order valence-corrected chi connectivity index (χ4v) is 4.25. The Morgan fingerprint density at radius 1 is 1.24 bits per heavy atom. The van der Waals surface area contributed by atoms with Crippen LogP contribution < -0.4 is 10.2 Å². The standard InChI is InChI=1S/C20H17BrN4O3S/c1-12-10-17(26)22-15-8-4-5-9-16(15)25(12)18(27)11-29-20-24-23-19(28-20)13-6-2-3-7-14(13)21/h2-9,12H,10-11H2,1H3,(H,22,26). The zero-order valence-electron chi connectivity index (χ0n) is 15.5. The highest BCUT2D eigenvalue weighted by Gasteiger charge is 2.29. The van der Waals surface area contributed by atoms with Crippen molar-refractivity contribution in [2.24, 2.45) is 0 Å². The van der Waals surface area contributed by atoms with E-state index in [1.54, 1.807) is 11.0 Å². The van der Waals surface area contributed by atoms with E-state index < -0.39 is 0 Å². The third kappa shape index (κ3) is 4.20. The van der Waals surface area contributed by atoms with Crippen molar-refractivity contribution in [1.82, 2.24) is 10.2 Å². The molecule has 2 aromatic carbocycles. The summed E-state index contributed by atoms with van der Waals surface area (Å²) in [7, 11) is 0. The molecule has 1 unspecified atom stereocenters. The number of para-hydroxylation sites is 2. The molecule has 9 heteroatoms. The first-order valence-corrected chi connectivity index (χ1v) is 10.7. The monoisotopic (exact) mass is 472 g/mol. The average molecular weight is 473 g/mol. The van der Waals surface area contributed by atoms with Gasteiger partial charge in [0.1, 0.15) is 0 Å². The van der Waals surface area contributed by atoms with Gasteiger partial charge < -0.3 is 14.6 Å². The largest absolute Gasteiger partial charge is 0.411 e. The molecule has 2 amide bonds. The molecule has 1 aliphatic heterocycles. The van der Waals surface area contributed by atoms with Gasteiger partial charge in [0.05, 0.1) is 22.7 Å². The van der Waals surface area contributed by atoms with Crippen molar-refractivity contribution in [2.45, 2.75) is 24.6 Å². The molecule has 7 nitrogen and oxygen atoms in total. The van der Waals surface area contributed by atoms with Crippen molar-refractivity contribution < 1.29 is 14.0 Å². The minimum Gasteiger partial charge on any atom is -0.411 e. The highest BCUT2D eigenvalue weighted by Crippen LogP contribution is 2.33. The summed E-state index contributed by atoms with van der Waals surface area (Å²) < 4.78 is 6.55. The minimum absolute atomic E-state index is 0.108. The van der Waals surface area contributed by atoms with Gasteiger partial charge in [0.15, 0.2) is 0 Å². The van der Waals surface area contributed by atoms with E-state index >= 15 is 0 Å². The van der Waals surface area contributed by atoms with Crippen molar-refractivity contribution in [3.8, 4) is 11.5 Å². The van der Waals surface area contributed by atoms with Crippen LogP contribution in [0.1, 0.15) is 13.3 Å². The second kappa shape index (κ2) is 8.38. The molecule has 0 saturated carbocycles. The molecule has 1 aromatic heterocycles. The van der Waals surface area contributed by atoms with Crippen LogP contribution in [0, 0.1) is 0 Å². The van der Waals surface area contributed by atoms with E-state index in [1.165, 1.54) is 11.8 Å². The molecular formula is C20H17BrN4O3S. The van der Waals surface area contributed by atoms with Gasteiger partial charge in [0.25, 0.3) is 5.22 Å². The Bertz CT molecular complexity index is 1070. The Balaban J connectivity index is 1.50. The molecule has 148 valence electrons. The number of nitrogens with zero attached hydrogens (tertiary/aromatic N) is 3. The van der Waals surface area contributed by atoms with E-state index in [-0.39, 0.29) is 30.0 Å². The van der Waals surface area contributed by atoms with Gasteiger partial charge in [-0.25, -0.2) is 0 Å². The summed E-state index contributed by atoms with van der Waals surface area (Å²) in [4.78, 5) is 26.7. The second-order valence-corrected chi connectivity index (χ2v) is 8.30. The predicted octanol–water partition coefficient (Wildman–Crippen LogP) is 4.36. The highest BCUT2D eigenvalue weighted by molar-refractivity contribution is 9.10. The summed E-state index contributed by atoms with van der Waals surface area (Å²) in [6.45, 7) is 1.86. The quantitative estimate of drug-likeness (QED) is 0.567. The van der Waals surface area contributed by atoms with Crippen LogP contribution in [0.25, 0.3) is 11.5 Å². The van der Waals surface area contributed by atoms with Crippen LogP contribution >= 0.6 is 27.7 Å². The lowest BCUT2D eigenvalue weighted by molar-refractivity contribution is -0.117. The molecule has 1 atom stereocenters. The number of carbonyl (C=O) groups is 2. The number of thioether (sulfide) groups is 1. The number of hydrogen-bond donors (Lipinski definition) is 1. The Morgan fingerprint density at radius 3 is 2.83 bits per heavy atom. The molecule has 0 spiro atoms. The normalized spacial score (nSPS) is 16.1. The van der Waals surface area contributed by atoms with Crippen LogP contribution in [-0.4, -0.2) is 33.8 Å². The molecule has 3 aromatic rings. The number of aromatic nitrogens is 2. The lowest BCUT2D eigenvalue weighted by Gasteiger charge is -2.27. The maximum absolute atomic E-state index is 13.0.